The molecule has 0 bridgehead atoms. The lowest BCUT2D eigenvalue weighted by molar-refractivity contribution is -0.132. The first-order chi connectivity index (χ1) is 13.2. The van der Waals surface area contributed by atoms with Gasteiger partial charge in [0, 0.05) is 13.0 Å². The Hall–Kier alpha value is -2.82. The highest BCUT2D eigenvalue weighted by atomic mass is 16.5. The molecule has 5 heteroatoms. The highest BCUT2D eigenvalue weighted by molar-refractivity contribution is 5.78. The van der Waals surface area contributed by atoms with Crippen molar-refractivity contribution in [3.05, 3.63) is 59.9 Å². The van der Waals surface area contributed by atoms with E-state index in [-0.39, 0.29) is 11.9 Å². The van der Waals surface area contributed by atoms with Crippen LogP contribution in [0.2, 0.25) is 0 Å². The fraction of sp³-hybridized carbons (Fsp3) is 0.364. The number of aromatic amines is 1. The molecular weight excluding hydrogens is 338 g/mol. The van der Waals surface area contributed by atoms with E-state index >= 15 is 0 Å². The smallest absolute Gasteiger partial charge is 0.223 e. The molecule has 0 radical (unpaired) electrons. The van der Waals surface area contributed by atoms with E-state index in [4.69, 9.17) is 9.72 Å². The van der Waals surface area contributed by atoms with Gasteiger partial charge < -0.3 is 14.6 Å². The Morgan fingerprint density at radius 2 is 2.04 bits per heavy atom. The molecule has 1 aliphatic rings. The van der Waals surface area contributed by atoms with E-state index in [1.807, 2.05) is 60.4 Å². The number of imidazole rings is 1. The lowest BCUT2D eigenvalue weighted by Gasteiger charge is -2.23. The number of hydrogen-bond donors (Lipinski definition) is 1. The van der Waals surface area contributed by atoms with Crippen LogP contribution in [0.3, 0.4) is 0 Å². The molecule has 4 rings (SSSR count). The quantitative estimate of drug-likeness (QED) is 0.712. The number of benzene rings is 2. The Balaban J connectivity index is 1.41. The third kappa shape index (κ3) is 3.82. The molecule has 1 saturated heterocycles. The summed E-state index contributed by atoms with van der Waals surface area (Å²) in [6.07, 6.45) is 3.25. The van der Waals surface area contributed by atoms with Gasteiger partial charge in [-0.05, 0) is 56.0 Å². The molecular formula is C22H25N3O2. The molecule has 1 N–H and O–H groups in total. The molecule has 1 aromatic heterocycles. The van der Waals surface area contributed by atoms with Crippen LogP contribution < -0.4 is 4.74 Å². The predicted molar refractivity (Wildman–Crippen MR) is 106 cm³/mol. The molecule has 1 unspecified atom stereocenters. The number of hydrogen-bond acceptors (Lipinski definition) is 3. The molecule has 3 aromatic rings. The van der Waals surface area contributed by atoms with Crippen molar-refractivity contribution in [2.45, 2.75) is 38.6 Å². The maximum atomic E-state index is 12.8. The van der Waals surface area contributed by atoms with Crippen LogP contribution in [0.5, 0.6) is 5.75 Å². The first-order valence-electron chi connectivity index (χ1n) is 9.70. The zero-order valence-electron chi connectivity index (χ0n) is 15.6. The van der Waals surface area contributed by atoms with Gasteiger partial charge in [0.25, 0.3) is 0 Å². The number of aryl methyl sites for hydroxylation is 1. The number of rotatable bonds is 6. The van der Waals surface area contributed by atoms with Crippen molar-refractivity contribution < 1.29 is 9.53 Å². The molecule has 0 aliphatic carbocycles. The van der Waals surface area contributed by atoms with Crippen molar-refractivity contribution >= 4 is 16.9 Å². The van der Waals surface area contributed by atoms with Crippen molar-refractivity contribution in [1.82, 2.24) is 14.9 Å². The molecule has 140 valence electrons. The van der Waals surface area contributed by atoms with Crippen molar-refractivity contribution in [2.24, 2.45) is 0 Å². The molecule has 2 aromatic carbocycles. The largest absolute Gasteiger partial charge is 0.494 e. The predicted octanol–water partition coefficient (Wildman–Crippen LogP) is 4.26. The number of likely N-dealkylation sites (tertiary alicyclic amines) is 1. The van der Waals surface area contributed by atoms with Crippen LogP contribution in [-0.4, -0.2) is 33.9 Å². The summed E-state index contributed by atoms with van der Waals surface area (Å²) in [7, 11) is 0. The number of para-hydroxylation sites is 2. The van der Waals surface area contributed by atoms with E-state index in [0.717, 1.165) is 54.0 Å². The average molecular weight is 363 g/mol. The van der Waals surface area contributed by atoms with Gasteiger partial charge in [0.15, 0.2) is 0 Å². The summed E-state index contributed by atoms with van der Waals surface area (Å²) in [5.41, 5.74) is 3.15. The summed E-state index contributed by atoms with van der Waals surface area (Å²) < 4.78 is 5.47. The number of amides is 1. The van der Waals surface area contributed by atoms with Gasteiger partial charge >= 0.3 is 0 Å². The van der Waals surface area contributed by atoms with E-state index in [9.17, 15) is 4.79 Å². The number of H-pyrrole nitrogens is 1. The second-order valence-electron chi connectivity index (χ2n) is 6.96. The molecule has 1 fully saturated rings. The fourth-order valence-corrected chi connectivity index (χ4v) is 3.79. The molecule has 27 heavy (non-hydrogen) atoms. The van der Waals surface area contributed by atoms with Crippen molar-refractivity contribution in [3.63, 3.8) is 0 Å². The van der Waals surface area contributed by atoms with Crippen LogP contribution >= 0.6 is 0 Å². The number of fused-ring (bicyclic) bond motifs is 1. The van der Waals surface area contributed by atoms with E-state index in [0.29, 0.717) is 13.0 Å². The number of aromatic nitrogens is 2. The van der Waals surface area contributed by atoms with Gasteiger partial charge in [-0.25, -0.2) is 4.98 Å². The van der Waals surface area contributed by atoms with Gasteiger partial charge in [-0.1, -0.05) is 24.3 Å². The molecule has 0 saturated carbocycles. The summed E-state index contributed by atoms with van der Waals surface area (Å²) in [6, 6.07) is 16.1. The van der Waals surface area contributed by atoms with Gasteiger partial charge in [0.05, 0.1) is 23.7 Å². The number of carbonyl (C=O) groups excluding carboxylic acids is 1. The minimum Gasteiger partial charge on any atom is -0.494 e. The number of nitrogens with one attached hydrogen (secondary N) is 1. The first kappa shape index (κ1) is 17.6. The van der Waals surface area contributed by atoms with E-state index in [1.54, 1.807) is 0 Å². The normalized spacial score (nSPS) is 16.8. The summed E-state index contributed by atoms with van der Waals surface area (Å²) >= 11 is 0. The standard InChI is InChI=1S/C22H25N3O2/c1-2-27-17-12-9-16(10-13-17)11-14-21(26)25-15-5-8-20(25)22-23-18-6-3-4-7-19(18)24-22/h3-4,6-7,9-10,12-13,20H,2,5,8,11,14-15H2,1H3,(H,23,24). The van der Waals surface area contributed by atoms with Crippen LogP contribution in [0.1, 0.15) is 43.6 Å². The Morgan fingerprint density at radius 3 is 2.81 bits per heavy atom. The monoisotopic (exact) mass is 363 g/mol. The average Bonchev–Trinajstić information content (AvgIpc) is 3.34. The SMILES string of the molecule is CCOc1ccc(CCC(=O)N2CCCC2c2nc3ccccc3[nH]2)cc1. The summed E-state index contributed by atoms with van der Waals surface area (Å²) in [4.78, 5) is 22.9. The highest BCUT2D eigenvalue weighted by Gasteiger charge is 2.31. The van der Waals surface area contributed by atoms with Gasteiger partial charge in [0.2, 0.25) is 5.91 Å². The van der Waals surface area contributed by atoms with Gasteiger partial charge in [-0.15, -0.1) is 0 Å². The molecule has 1 amide bonds. The summed E-state index contributed by atoms with van der Waals surface area (Å²) in [6.45, 7) is 3.45. The first-order valence-corrected chi connectivity index (χ1v) is 9.70. The number of ether oxygens (including phenoxy) is 1. The molecule has 1 atom stereocenters. The lowest BCUT2D eigenvalue weighted by atomic mass is 10.1. The van der Waals surface area contributed by atoms with E-state index in [1.165, 1.54) is 0 Å². The van der Waals surface area contributed by atoms with Gasteiger partial charge in [-0.2, -0.15) is 0 Å². The highest BCUT2D eigenvalue weighted by Crippen LogP contribution is 2.32. The van der Waals surface area contributed by atoms with Crippen LogP contribution in [0.15, 0.2) is 48.5 Å². The molecule has 5 nitrogen and oxygen atoms in total. The van der Waals surface area contributed by atoms with Crippen molar-refractivity contribution in [2.75, 3.05) is 13.2 Å². The maximum Gasteiger partial charge on any atom is 0.223 e. The van der Waals surface area contributed by atoms with Crippen LogP contribution in [0, 0.1) is 0 Å². The van der Waals surface area contributed by atoms with Gasteiger partial charge in [-0.3, -0.25) is 4.79 Å². The Bertz CT molecular complexity index is 884. The topological polar surface area (TPSA) is 58.2 Å². The minimum absolute atomic E-state index is 0.0604. The minimum atomic E-state index is 0.0604. The van der Waals surface area contributed by atoms with Crippen LogP contribution in [0.4, 0.5) is 0 Å². The van der Waals surface area contributed by atoms with Crippen LogP contribution in [-0.2, 0) is 11.2 Å². The molecule has 0 spiro atoms. The third-order valence-electron chi connectivity index (χ3n) is 5.16. The second kappa shape index (κ2) is 7.82. The third-order valence-corrected chi connectivity index (χ3v) is 5.16. The maximum absolute atomic E-state index is 12.8. The van der Waals surface area contributed by atoms with Gasteiger partial charge in [0.1, 0.15) is 11.6 Å². The molecule has 1 aliphatic heterocycles. The van der Waals surface area contributed by atoms with Crippen molar-refractivity contribution in [1.29, 1.82) is 0 Å². The summed E-state index contributed by atoms with van der Waals surface area (Å²) in [5.74, 6) is 1.98. The fourth-order valence-electron chi connectivity index (χ4n) is 3.79. The lowest BCUT2D eigenvalue weighted by Crippen LogP contribution is -2.31. The van der Waals surface area contributed by atoms with Crippen LogP contribution in [0.25, 0.3) is 11.0 Å². The Morgan fingerprint density at radius 1 is 1.22 bits per heavy atom. The number of carbonyl (C=O) groups is 1. The number of nitrogens with zero attached hydrogens (tertiary/aromatic N) is 2. The zero-order chi connectivity index (χ0) is 18.6. The van der Waals surface area contributed by atoms with Crippen molar-refractivity contribution in [3.8, 4) is 5.75 Å². The summed E-state index contributed by atoms with van der Waals surface area (Å²) in [5, 5.41) is 0. The second-order valence-corrected chi connectivity index (χ2v) is 6.96. The van der Waals surface area contributed by atoms with E-state index < -0.39 is 0 Å². The Kier molecular flexibility index (Phi) is 5.10. The van der Waals surface area contributed by atoms with E-state index in [2.05, 4.69) is 4.98 Å². The molecule has 2 heterocycles. The zero-order valence-corrected chi connectivity index (χ0v) is 15.6. The Labute approximate surface area is 159 Å².